The number of benzene rings is 1. The van der Waals surface area contributed by atoms with Gasteiger partial charge in [-0.2, -0.15) is 0 Å². The molecule has 0 radical (unpaired) electrons. The summed E-state index contributed by atoms with van der Waals surface area (Å²) >= 11 is 3.55. The first kappa shape index (κ1) is 15.8. The van der Waals surface area contributed by atoms with Gasteiger partial charge in [0.25, 0.3) is 0 Å². The Morgan fingerprint density at radius 1 is 1.20 bits per heavy atom. The zero-order chi connectivity index (χ0) is 14.4. The van der Waals surface area contributed by atoms with Crippen molar-refractivity contribution in [2.45, 2.75) is 19.8 Å². The molecule has 0 atom stereocenters. The van der Waals surface area contributed by atoms with E-state index in [2.05, 4.69) is 51.0 Å². The third-order valence-corrected chi connectivity index (χ3v) is 4.33. The number of hydrogen-bond donors (Lipinski definition) is 0. The van der Waals surface area contributed by atoms with E-state index in [0.717, 1.165) is 23.2 Å². The van der Waals surface area contributed by atoms with E-state index in [1.54, 1.807) is 0 Å². The normalized spacial score (nSPS) is 17.4. The molecule has 1 aromatic carbocycles. The van der Waals surface area contributed by atoms with Crippen molar-refractivity contribution in [3.8, 4) is 5.75 Å². The average molecular weight is 341 g/mol. The van der Waals surface area contributed by atoms with Crippen molar-refractivity contribution in [2.24, 2.45) is 0 Å². The zero-order valence-corrected chi connectivity index (χ0v) is 14.2. The molecule has 0 unspecified atom stereocenters. The Balaban J connectivity index is 1.82. The molecule has 1 fully saturated rings. The Kier molecular flexibility index (Phi) is 6.33. The van der Waals surface area contributed by atoms with Gasteiger partial charge in [0.2, 0.25) is 0 Å². The lowest BCUT2D eigenvalue weighted by atomic mass is 10.1. The van der Waals surface area contributed by atoms with Crippen LogP contribution in [0.3, 0.4) is 0 Å². The topological polar surface area (TPSA) is 15.7 Å². The fourth-order valence-corrected chi connectivity index (χ4v) is 3.01. The van der Waals surface area contributed by atoms with Crippen LogP contribution in [0.2, 0.25) is 0 Å². The van der Waals surface area contributed by atoms with Crippen molar-refractivity contribution < 1.29 is 4.74 Å². The first-order valence-electron chi connectivity index (χ1n) is 7.51. The minimum absolute atomic E-state index is 0.729. The van der Waals surface area contributed by atoms with Crippen LogP contribution in [-0.4, -0.2) is 56.2 Å². The second-order valence-corrected chi connectivity index (χ2v) is 6.35. The van der Waals surface area contributed by atoms with Gasteiger partial charge in [0.1, 0.15) is 5.75 Å². The summed E-state index contributed by atoms with van der Waals surface area (Å²) in [4.78, 5) is 4.97. The fraction of sp³-hybridized carbons (Fsp3) is 0.625. The van der Waals surface area contributed by atoms with Crippen molar-refractivity contribution in [1.82, 2.24) is 9.80 Å². The maximum atomic E-state index is 5.71. The third-order valence-electron chi connectivity index (χ3n) is 3.84. The zero-order valence-electron chi connectivity index (χ0n) is 12.6. The maximum absolute atomic E-state index is 5.71. The molecule has 4 heteroatoms. The molecule has 1 saturated heterocycles. The van der Waals surface area contributed by atoms with E-state index in [9.17, 15) is 0 Å². The fourth-order valence-electron chi connectivity index (χ4n) is 2.60. The van der Waals surface area contributed by atoms with Crippen molar-refractivity contribution in [3.63, 3.8) is 0 Å². The van der Waals surface area contributed by atoms with Crippen LogP contribution in [-0.2, 0) is 6.42 Å². The number of likely N-dealkylation sites (N-methyl/N-ethyl adjacent to an activating group) is 1. The smallest absolute Gasteiger partial charge is 0.122 e. The molecule has 112 valence electrons. The third kappa shape index (κ3) is 4.76. The summed E-state index contributed by atoms with van der Waals surface area (Å²) in [5.74, 6) is 1.04. The first-order chi connectivity index (χ1) is 9.69. The first-order valence-corrected chi connectivity index (χ1v) is 8.30. The van der Waals surface area contributed by atoms with Gasteiger partial charge in [-0.25, -0.2) is 0 Å². The highest BCUT2D eigenvalue weighted by molar-refractivity contribution is 9.10. The van der Waals surface area contributed by atoms with Crippen molar-refractivity contribution in [3.05, 3.63) is 28.2 Å². The van der Waals surface area contributed by atoms with Crippen LogP contribution < -0.4 is 4.74 Å². The molecule has 1 aliphatic rings. The molecule has 1 aliphatic heterocycles. The Labute approximate surface area is 131 Å². The molecule has 0 aromatic heterocycles. The number of halogens is 1. The molecule has 0 spiro atoms. The lowest BCUT2D eigenvalue weighted by Gasteiger charge is -2.32. The SMILES string of the molecule is CCOc1ccc(Br)cc1CCCN1CCN(C)CC1. The van der Waals surface area contributed by atoms with E-state index in [1.807, 2.05) is 6.92 Å². The predicted octanol–water partition coefficient (Wildman–Crippen LogP) is 3.03. The Hall–Kier alpha value is -0.580. The van der Waals surface area contributed by atoms with E-state index in [1.165, 1.54) is 44.7 Å². The summed E-state index contributed by atoms with van der Waals surface area (Å²) in [5.41, 5.74) is 1.32. The predicted molar refractivity (Wildman–Crippen MR) is 87.6 cm³/mol. The van der Waals surface area contributed by atoms with Gasteiger partial charge in [-0.05, 0) is 57.1 Å². The number of aryl methyl sites for hydroxylation is 1. The van der Waals surface area contributed by atoms with Gasteiger partial charge in [0.15, 0.2) is 0 Å². The molecular weight excluding hydrogens is 316 g/mol. The number of piperazine rings is 1. The van der Waals surface area contributed by atoms with Crippen LogP contribution in [0.1, 0.15) is 18.9 Å². The molecule has 0 aliphatic carbocycles. The van der Waals surface area contributed by atoms with Gasteiger partial charge < -0.3 is 14.5 Å². The quantitative estimate of drug-likeness (QED) is 0.791. The molecule has 2 rings (SSSR count). The van der Waals surface area contributed by atoms with Gasteiger partial charge >= 0.3 is 0 Å². The van der Waals surface area contributed by atoms with Gasteiger partial charge in [-0.1, -0.05) is 15.9 Å². The number of ether oxygens (including phenoxy) is 1. The van der Waals surface area contributed by atoms with Crippen molar-refractivity contribution in [2.75, 3.05) is 46.4 Å². The highest BCUT2D eigenvalue weighted by Crippen LogP contribution is 2.24. The Morgan fingerprint density at radius 3 is 2.65 bits per heavy atom. The highest BCUT2D eigenvalue weighted by atomic mass is 79.9. The highest BCUT2D eigenvalue weighted by Gasteiger charge is 2.13. The second kappa shape index (κ2) is 8.01. The number of nitrogens with zero attached hydrogens (tertiary/aromatic N) is 2. The van der Waals surface area contributed by atoms with Crippen LogP contribution in [0.15, 0.2) is 22.7 Å². The molecule has 0 bridgehead atoms. The molecule has 1 aromatic rings. The minimum atomic E-state index is 0.729. The van der Waals surface area contributed by atoms with Crippen LogP contribution in [0.4, 0.5) is 0 Å². The van der Waals surface area contributed by atoms with Crippen LogP contribution in [0.25, 0.3) is 0 Å². The number of rotatable bonds is 6. The van der Waals surface area contributed by atoms with Gasteiger partial charge in [-0.15, -0.1) is 0 Å². The molecule has 0 N–H and O–H groups in total. The van der Waals surface area contributed by atoms with E-state index in [4.69, 9.17) is 4.74 Å². The summed E-state index contributed by atoms with van der Waals surface area (Å²) in [6.07, 6.45) is 2.28. The Bertz CT molecular complexity index is 417. The van der Waals surface area contributed by atoms with Crippen LogP contribution in [0, 0.1) is 0 Å². The van der Waals surface area contributed by atoms with Gasteiger partial charge in [-0.3, -0.25) is 0 Å². The minimum Gasteiger partial charge on any atom is -0.494 e. The molecule has 20 heavy (non-hydrogen) atoms. The maximum Gasteiger partial charge on any atom is 0.122 e. The van der Waals surface area contributed by atoms with E-state index in [-0.39, 0.29) is 0 Å². The van der Waals surface area contributed by atoms with Crippen LogP contribution >= 0.6 is 15.9 Å². The standard InChI is InChI=1S/C16H25BrN2O/c1-3-20-16-7-6-15(17)13-14(16)5-4-8-19-11-9-18(2)10-12-19/h6-7,13H,3-5,8-12H2,1-2H3. The van der Waals surface area contributed by atoms with E-state index < -0.39 is 0 Å². The summed E-state index contributed by atoms with van der Waals surface area (Å²) in [7, 11) is 2.20. The lowest BCUT2D eigenvalue weighted by molar-refractivity contribution is 0.153. The van der Waals surface area contributed by atoms with Gasteiger partial charge in [0, 0.05) is 30.7 Å². The largest absolute Gasteiger partial charge is 0.494 e. The number of hydrogen-bond acceptors (Lipinski definition) is 3. The Morgan fingerprint density at radius 2 is 1.95 bits per heavy atom. The van der Waals surface area contributed by atoms with Crippen molar-refractivity contribution in [1.29, 1.82) is 0 Å². The monoisotopic (exact) mass is 340 g/mol. The molecule has 0 saturated carbocycles. The summed E-state index contributed by atoms with van der Waals surface area (Å²) in [5, 5.41) is 0. The lowest BCUT2D eigenvalue weighted by Crippen LogP contribution is -2.44. The molecule has 1 heterocycles. The summed E-state index contributed by atoms with van der Waals surface area (Å²) in [6.45, 7) is 8.75. The molecule has 3 nitrogen and oxygen atoms in total. The van der Waals surface area contributed by atoms with E-state index >= 15 is 0 Å². The summed E-state index contributed by atoms with van der Waals surface area (Å²) < 4.78 is 6.84. The molecule has 0 amide bonds. The van der Waals surface area contributed by atoms with Gasteiger partial charge in [0.05, 0.1) is 6.61 Å². The average Bonchev–Trinajstić information content (AvgIpc) is 2.44. The summed E-state index contributed by atoms with van der Waals surface area (Å²) in [6, 6.07) is 6.31. The second-order valence-electron chi connectivity index (χ2n) is 5.43. The van der Waals surface area contributed by atoms with Crippen LogP contribution in [0.5, 0.6) is 5.75 Å². The van der Waals surface area contributed by atoms with E-state index in [0.29, 0.717) is 0 Å². The van der Waals surface area contributed by atoms with Crippen molar-refractivity contribution >= 4 is 15.9 Å². The molecular formula is C16H25BrN2O.